The van der Waals surface area contributed by atoms with Crippen LogP contribution >= 0.6 is 0 Å². The van der Waals surface area contributed by atoms with Crippen molar-refractivity contribution in [3.8, 4) is 11.8 Å². The first-order chi connectivity index (χ1) is 9.60. The molecule has 1 amide bonds. The number of aliphatic hydroxyl groups is 1. The summed E-state index contributed by atoms with van der Waals surface area (Å²) in [6.07, 6.45) is 3.20. The summed E-state index contributed by atoms with van der Waals surface area (Å²) in [4.78, 5) is 16.2. The summed E-state index contributed by atoms with van der Waals surface area (Å²) in [6.45, 7) is 1.56. The highest BCUT2D eigenvalue weighted by molar-refractivity contribution is 6.04. The Bertz CT molecular complexity index is 695. The maximum absolute atomic E-state index is 12.1. The number of nitrogens with zero attached hydrogens (tertiary/aromatic N) is 3. The van der Waals surface area contributed by atoms with Crippen LogP contribution in [0.5, 0.6) is 0 Å². The standard InChI is InChI=1S/C14H14N4O2/c1-10-12(9-18(2)17-10)14(20)16-13-8-11(4-3-7-19)5-6-15-13/h5-6,8-9,19H,7H2,1-2H3,(H,15,16,20). The number of aryl methyl sites for hydroxylation is 2. The predicted molar refractivity (Wildman–Crippen MR) is 74.1 cm³/mol. The fraction of sp³-hybridized carbons (Fsp3) is 0.214. The summed E-state index contributed by atoms with van der Waals surface area (Å²) in [5, 5.41) is 15.5. The van der Waals surface area contributed by atoms with Crippen LogP contribution < -0.4 is 5.32 Å². The normalized spacial score (nSPS) is 9.75. The molecule has 6 nitrogen and oxygen atoms in total. The lowest BCUT2D eigenvalue weighted by Crippen LogP contribution is -2.13. The number of aromatic nitrogens is 3. The lowest BCUT2D eigenvalue weighted by molar-refractivity contribution is 0.102. The van der Waals surface area contributed by atoms with E-state index in [2.05, 4.69) is 27.2 Å². The van der Waals surface area contributed by atoms with Gasteiger partial charge in [-0.05, 0) is 19.1 Å². The molecular weight excluding hydrogens is 256 g/mol. The van der Waals surface area contributed by atoms with Gasteiger partial charge in [0.05, 0.1) is 11.3 Å². The lowest BCUT2D eigenvalue weighted by Gasteiger charge is -2.03. The van der Waals surface area contributed by atoms with Gasteiger partial charge in [-0.1, -0.05) is 11.8 Å². The molecule has 0 spiro atoms. The quantitative estimate of drug-likeness (QED) is 0.788. The smallest absolute Gasteiger partial charge is 0.260 e. The highest BCUT2D eigenvalue weighted by Gasteiger charge is 2.13. The SMILES string of the molecule is Cc1nn(C)cc1C(=O)Nc1cc(C#CCO)ccn1. The van der Waals surface area contributed by atoms with E-state index in [1.165, 1.54) is 0 Å². The number of amides is 1. The molecule has 0 saturated heterocycles. The van der Waals surface area contributed by atoms with E-state index in [-0.39, 0.29) is 12.5 Å². The van der Waals surface area contributed by atoms with Crippen LogP contribution in [0.25, 0.3) is 0 Å². The van der Waals surface area contributed by atoms with E-state index in [1.807, 2.05) is 0 Å². The minimum Gasteiger partial charge on any atom is -0.384 e. The molecule has 0 unspecified atom stereocenters. The Kier molecular flexibility index (Phi) is 4.13. The molecule has 2 aromatic heterocycles. The van der Waals surface area contributed by atoms with Crippen molar-refractivity contribution in [2.75, 3.05) is 11.9 Å². The first kappa shape index (κ1) is 13.8. The van der Waals surface area contributed by atoms with E-state index in [9.17, 15) is 4.79 Å². The average Bonchev–Trinajstić information content (AvgIpc) is 2.76. The maximum atomic E-state index is 12.1. The van der Waals surface area contributed by atoms with Crippen molar-refractivity contribution in [2.45, 2.75) is 6.92 Å². The zero-order chi connectivity index (χ0) is 14.5. The van der Waals surface area contributed by atoms with Gasteiger partial charge in [0.25, 0.3) is 5.91 Å². The molecule has 2 N–H and O–H groups in total. The lowest BCUT2D eigenvalue weighted by atomic mass is 10.2. The molecule has 0 atom stereocenters. The Morgan fingerprint density at radius 2 is 2.35 bits per heavy atom. The van der Waals surface area contributed by atoms with E-state index >= 15 is 0 Å². The van der Waals surface area contributed by atoms with Gasteiger partial charge in [0.15, 0.2) is 0 Å². The van der Waals surface area contributed by atoms with E-state index < -0.39 is 0 Å². The third-order valence-electron chi connectivity index (χ3n) is 2.57. The number of nitrogens with one attached hydrogen (secondary N) is 1. The second-order valence-corrected chi connectivity index (χ2v) is 4.15. The van der Waals surface area contributed by atoms with Gasteiger partial charge < -0.3 is 10.4 Å². The topological polar surface area (TPSA) is 80.0 Å². The van der Waals surface area contributed by atoms with Crippen molar-refractivity contribution >= 4 is 11.7 Å². The van der Waals surface area contributed by atoms with E-state index in [0.29, 0.717) is 22.6 Å². The number of carbonyl (C=O) groups is 1. The Labute approximate surface area is 116 Å². The second kappa shape index (κ2) is 5.99. The fourth-order valence-electron chi connectivity index (χ4n) is 1.72. The number of pyridine rings is 1. The molecule has 102 valence electrons. The molecule has 0 bridgehead atoms. The van der Waals surface area contributed by atoms with Crippen molar-refractivity contribution in [2.24, 2.45) is 7.05 Å². The molecule has 0 aliphatic heterocycles. The molecule has 2 rings (SSSR count). The Morgan fingerprint density at radius 3 is 3.00 bits per heavy atom. The van der Waals surface area contributed by atoms with Gasteiger partial charge in [0, 0.05) is 25.0 Å². The Hall–Kier alpha value is -2.65. The largest absolute Gasteiger partial charge is 0.384 e. The third-order valence-corrected chi connectivity index (χ3v) is 2.57. The van der Waals surface area contributed by atoms with E-state index in [4.69, 9.17) is 5.11 Å². The van der Waals surface area contributed by atoms with Crippen molar-refractivity contribution in [3.63, 3.8) is 0 Å². The monoisotopic (exact) mass is 270 g/mol. The second-order valence-electron chi connectivity index (χ2n) is 4.15. The summed E-state index contributed by atoms with van der Waals surface area (Å²) in [6, 6.07) is 3.35. The zero-order valence-electron chi connectivity index (χ0n) is 11.2. The first-order valence-electron chi connectivity index (χ1n) is 5.97. The van der Waals surface area contributed by atoms with Crippen LogP contribution in [0.3, 0.4) is 0 Å². The van der Waals surface area contributed by atoms with Gasteiger partial charge in [-0.25, -0.2) is 4.98 Å². The molecule has 0 saturated carbocycles. The van der Waals surface area contributed by atoms with E-state index in [1.54, 1.807) is 43.2 Å². The third kappa shape index (κ3) is 3.22. The predicted octanol–water partition coefficient (Wildman–Crippen LogP) is 0.720. The zero-order valence-corrected chi connectivity index (χ0v) is 11.2. The van der Waals surface area contributed by atoms with Crippen LogP contribution in [0.1, 0.15) is 21.6 Å². The number of carbonyl (C=O) groups excluding carboxylic acids is 1. The average molecular weight is 270 g/mol. The summed E-state index contributed by atoms with van der Waals surface area (Å²) < 4.78 is 1.58. The van der Waals surface area contributed by atoms with Gasteiger partial charge in [0.2, 0.25) is 0 Å². The Morgan fingerprint density at radius 1 is 1.55 bits per heavy atom. The van der Waals surface area contributed by atoms with Gasteiger partial charge >= 0.3 is 0 Å². The number of anilines is 1. The van der Waals surface area contributed by atoms with Crippen molar-refractivity contribution in [3.05, 3.63) is 41.3 Å². The molecular formula is C14H14N4O2. The van der Waals surface area contributed by atoms with Crippen molar-refractivity contribution < 1.29 is 9.90 Å². The molecule has 0 aliphatic carbocycles. The molecule has 0 aromatic carbocycles. The maximum Gasteiger partial charge on any atom is 0.260 e. The summed E-state index contributed by atoms with van der Waals surface area (Å²) in [5.74, 6) is 5.43. The van der Waals surface area contributed by atoms with Gasteiger partial charge in [-0.15, -0.1) is 0 Å². The summed E-state index contributed by atoms with van der Waals surface area (Å²) in [5.41, 5.74) is 1.83. The van der Waals surface area contributed by atoms with Gasteiger partial charge in [-0.2, -0.15) is 5.10 Å². The minimum absolute atomic E-state index is 0.209. The molecule has 0 aliphatic rings. The van der Waals surface area contributed by atoms with Crippen LogP contribution in [0, 0.1) is 18.8 Å². The van der Waals surface area contributed by atoms with Crippen LogP contribution in [0.15, 0.2) is 24.5 Å². The number of rotatable bonds is 2. The first-order valence-corrected chi connectivity index (χ1v) is 5.97. The van der Waals surface area contributed by atoms with Crippen LogP contribution in [-0.2, 0) is 7.05 Å². The Balaban J connectivity index is 2.17. The highest BCUT2D eigenvalue weighted by Crippen LogP contribution is 2.10. The fourth-order valence-corrected chi connectivity index (χ4v) is 1.72. The molecule has 2 aromatic rings. The van der Waals surface area contributed by atoms with Gasteiger partial charge in [0.1, 0.15) is 12.4 Å². The van der Waals surface area contributed by atoms with E-state index in [0.717, 1.165) is 0 Å². The molecule has 20 heavy (non-hydrogen) atoms. The number of hydrogen-bond acceptors (Lipinski definition) is 4. The summed E-state index contributed by atoms with van der Waals surface area (Å²) >= 11 is 0. The number of aliphatic hydroxyl groups excluding tert-OH is 1. The molecule has 6 heteroatoms. The van der Waals surface area contributed by atoms with Crippen LogP contribution in [0.2, 0.25) is 0 Å². The summed E-state index contributed by atoms with van der Waals surface area (Å²) in [7, 11) is 1.76. The van der Waals surface area contributed by atoms with Crippen LogP contribution in [0.4, 0.5) is 5.82 Å². The van der Waals surface area contributed by atoms with Crippen molar-refractivity contribution in [1.29, 1.82) is 0 Å². The molecule has 0 radical (unpaired) electrons. The van der Waals surface area contributed by atoms with Crippen LogP contribution in [-0.4, -0.2) is 32.4 Å². The molecule has 0 fully saturated rings. The number of hydrogen-bond donors (Lipinski definition) is 2. The van der Waals surface area contributed by atoms with Crippen molar-refractivity contribution in [1.82, 2.24) is 14.8 Å². The minimum atomic E-state index is -0.268. The highest BCUT2D eigenvalue weighted by atomic mass is 16.2. The van der Waals surface area contributed by atoms with Gasteiger partial charge in [-0.3, -0.25) is 9.48 Å². The molecule has 2 heterocycles.